The molecule has 0 saturated carbocycles. The number of phenolic OH excluding ortho intramolecular Hbond substituents is 1. The zero-order valence-corrected chi connectivity index (χ0v) is 19.3. The fourth-order valence-electron chi connectivity index (χ4n) is 3.78. The van der Waals surface area contributed by atoms with Crippen molar-refractivity contribution in [2.24, 2.45) is 0 Å². The second-order valence-electron chi connectivity index (χ2n) is 7.18. The van der Waals surface area contributed by atoms with Crippen LogP contribution in [0.3, 0.4) is 0 Å². The van der Waals surface area contributed by atoms with Crippen molar-refractivity contribution in [3.8, 4) is 11.5 Å². The average Bonchev–Trinajstić information content (AvgIpc) is 3.06. The normalized spacial score (nSPS) is 17.5. The van der Waals surface area contributed by atoms with Gasteiger partial charge in [-0.1, -0.05) is 59.1 Å². The van der Waals surface area contributed by atoms with Crippen LogP contribution in [0.25, 0.3) is 5.76 Å². The standard InChI is InChI=1S/C24H16Cl3NO5/c1-33-23-15(10-13(25)11-17(23)27)21(30)19-20(12-7-8-18(29)16(26)9-12)28(24(32)22(19)31)14-5-3-2-4-6-14/h2-11,20,29-30H,1H3/b21-19+. The molecular formula is C24H16Cl3NO5. The van der Waals surface area contributed by atoms with Crippen LogP contribution in [0.4, 0.5) is 5.69 Å². The van der Waals surface area contributed by atoms with E-state index in [-0.39, 0.29) is 37.7 Å². The summed E-state index contributed by atoms with van der Waals surface area (Å²) in [5, 5.41) is 21.5. The van der Waals surface area contributed by atoms with Gasteiger partial charge >= 0.3 is 0 Å². The fraction of sp³-hybridized carbons (Fsp3) is 0.0833. The van der Waals surface area contributed by atoms with E-state index in [1.54, 1.807) is 30.3 Å². The third-order valence-corrected chi connectivity index (χ3v) is 6.04. The van der Waals surface area contributed by atoms with Crippen molar-refractivity contribution in [2.75, 3.05) is 12.0 Å². The largest absolute Gasteiger partial charge is 0.507 e. The number of ether oxygens (including phenoxy) is 1. The van der Waals surface area contributed by atoms with Crippen molar-refractivity contribution >= 4 is 57.9 Å². The highest BCUT2D eigenvalue weighted by atomic mass is 35.5. The topological polar surface area (TPSA) is 87.1 Å². The van der Waals surface area contributed by atoms with Crippen LogP contribution in [-0.2, 0) is 9.59 Å². The van der Waals surface area contributed by atoms with E-state index in [9.17, 15) is 19.8 Å². The number of carbonyl (C=O) groups is 2. The summed E-state index contributed by atoms with van der Waals surface area (Å²) in [6.45, 7) is 0. The highest BCUT2D eigenvalue weighted by molar-refractivity contribution is 6.52. The number of halogens is 3. The first kappa shape index (κ1) is 23.0. The number of hydrogen-bond acceptors (Lipinski definition) is 5. The minimum Gasteiger partial charge on any atom is -0.507 e. The van der Waals surface area contributed by atoms with E-state index in [0.29, 0.717) is 11.3 Å². The quantitative estimate of drug-likeness (QED) is 0.259. The summed E-state index contributed by atoms with van der Waals surface area (Å²) >= 11 is 18.5. The monoisotopic (exact) mass is 503 g/mol. The van der Waals surface area contributed by atoms with Crippen molar-refractivity contribution < 1.29 is 24.5 Å². The predicted molar refractivity (Wildman–Crippen MR) is 127 cm³/mol. The number of nitrogens with zero attached hydrogens (tertiary/aromatic N) is 1. The van der Waals surface area contributed by atoms with E-state index in [0.717, 1.165) is 0 Å². The van der Waals surface area contributed by atoms with Crippen LogP contribution in [0.5, 0.6) is 11.5 Å². The van der Waals surface area contributed by atoms with Crippen molar-refractivity contribution in [1.82, 2.24) is 0 Å². The van der Waals surface area contributed by atoms with Crippen LogP contribution in [0.1, 0.15) is 17.2 Å². The van der Waals surface area contributed by atoms with Gasteiger partial charge in [-0.25, -0.2) is 0 Å². The number of benzene rings is 3. The third-order valence-electron chi connectivity index (χ3n) is 5.23. The molecule has 168 valence electrons. The third kappa shape index (κ3) is 4.02. The van der Waals surface area contributed by atoms with E-state index >= 15 is 0 Å². The van der Waals surface area contributed by atoms with Crippen LogP contribution >= 0.6 is 34.8 Å². The molecule has 0 bridgehead atoms. The molecule has 1 fully saturated rings. The molecular weight excluding hydrogens is 489 g/mol. The number of phenols is 1. The molecule has 6 nitrogen and oxygen atoms in total. The van der Waals surface area contributed by atoms with Gasteiger partial charge in [0, 0.05) is 10.7 Å². The molecule has 3 aromatic rings. The molecule has 9 heteroatoms. The molecule has 1 atom stereocenters. The van der Waals surface area contributed by atoms with Gasteiger partial charge in [0.05, 0.1) is 34.3 Å². The van der Waals surface area contributed by atoms with Gasteiger partial charge in [-0.05, 0) is 42.0 Å². The number of Topliss-reactive ketones (excluding diaryl/α,β-unsaturated/α-hetero) is 1. The number of rotatable bonds is 4. The molecule has 1 unspecified atom stereocenters. The number of methoxy groups -OCH3 is 1. The minimum atomic E-state index is -1.05. The summed E-state index contributed by atoms with van der Waals surface area (Å²) in [5.74, 6) is -2.35. The molecule has 1 aliphatic rings. The van der Waals surface area contributed by atoms with Gasteiger partial charge in [-0.15, -0.1) is 0 Å². The van der Waals surface area contributed by atoms with Crippen molar-refractivity contribution in [1.29, 1.82) is 0 Å². The second-order valence-corrected chi connectivity index (χ2v) is 8.43. The summed E-state index contributed by atoms with van der Waals surface area (Å²) in [4.78, 5) is 27.6. The molecule has 0 aliphatic carbocycles. The van der Waals surface area contributed by atoms with Crippen molar-refractivity contribution in [3.63, 3.8) is 0 Å². The molecule has 0 spiro atoms. The number of aliphatic hydroxyl groups excluding tert-OH is 1. The zero-order chi connectivity index (χ0) is 23.9. The van der Waals surface area contributed by atoms with E-state index < -0.39 is 23.5 Å². The summed E-state index contributed by atoms with van der Waals surface area (Å²) in [5.41, 5.74) is 0.677. The first-order valence-corrected chi connectivity index (χ1v) is 10.8. The predicted octanol–water partition coefficient (Wildman–Crippen LogP) is 5.99. The zero-order valence-electron chi connectivity index (χ0n) is 17.1. The maximum atomic E-state index is 13.2. The second kappa shape index (κ2) is 8.98. The van der Waals surface area contributed by atoms with Crippen LogP contribution in [0, 0.1) is 0 Å². The van der Waals surface area contributed by atoms with Gasteiger partial charge in [-0.3, -0.25) is 14.5 Å². The highest BCUT2D eigenvalue weighted by Crippen LogP contribution is 2.45. The lowest BCUT2D eigenvalue weighted by molar-refractivity contribution is -0.132. The Morgan fingerprint density at radius 3 is 2.30 bits per heavy atom. The van der Waals surface area contributed by atoms with Gasteiger partial charge in [-0.2, -0.15) is 0 Å². The van der Waals surface area contributed by atoms with Gasteiger partial charge < -0.3 is 14.9 Å². The van der Waals surface area contributed by atoms with E-state index in [1.165, 1.54) is 42.3 Å². The Labute approximate surface area is 204 Å². The van der Waals surface area contributed by atoms with E-state index in [1.807, 2.05) is 0 Å². The van der Waals surface area contributed by atoms with Crippen LogP contribution in [-0.4, -0.2) is 29.0 Å². The lowest BCUT2D eigenvalue weighted by Crippen LogP contribution is -2.29. The lowest BCUT2D eigenvalue weighted by atomic mass is 9.94. The average molecular weight is 505 g/mol. The van der Waals surface area contributed by atoms with Crippen molar-refractivity contribution in [2.45, 2.75) is 6.04 Å². The maximum absolute atomic E-state index is 13.2. The Morgan fingerprint density at radius 2 is 1.67 bits per heavy atom. The van der Waals surface area contributed by atoms with E-state index in [2.05, 4.69) is 0 Å². The minimum absolute atomic E-state index is 0.0227. The molecule has 0 aromatic heterocycles. The molecule has 2 N–H and O–H groups in total. The fourth-order valence-corrected chi connectivity index (χ4v) is 4.54. The van der Waals surface area contributed by atoms with E-state index in [4.69, 9.17) is 39.5 Å². The smallest absolute Gasteiger partial charge is 0.300 e. The van der Waals surface area contributed by atoms with Gasteiger partial charge in [0.2, 0.25) is 0 Å². The van der Waals surface area contributed by atoms with Crippen LogP contribution < -0.4 is 9.64 Å². The molecule has 3 aromatic carbocycles. The SMILES string of the molecule is COc1c(Cl)cc(Cl)cc1/C(O)=C1\C(=O)C(=O)N(c2ccccc2)C1c1ccc(O)c(Cl)c1. The molecule has 1 amide bonds. The van der Waals surface area contributed by atoms with Gasteiger partial charge in [0.15, 0.2) is 0 Å². The first-order chi connectivity index (χ1) is 15.7. The Balaban J connectivity index is 2.02. The number of aliphatic hydroxyl groups is 1. The van der Waals surface area contributed by atoms with Crippen LogP contribution in [0.2, 0.25) is 15.1 Å². The number of ketones is 1. The molecule has 4 rings (SSSR count). The Kier molecular flexibility index (Phi) is 6.26. The molecule has 1 aliphatic heterocycles. The summed E-state index contributed by atoms with van der Waals surface area (Å²) in [6.07, 6.45) is 0. The van der Waals surface area contributed by atoms with Gasteiger partial charge in [0.1, 0.15) is 17.3 Å². The Morgan fingerprint density at radius 1 is 0.970 bits per heavy atom. The van der Waals surface area contributed by atoms with Crippen molar-refractivity contribution in [3.05, 3.63) is 92.4 Å². The molecule has 1 heterocycles. The summed E-state index contributed by atoms with van der Waals surface area (Å²) in [6, 6.07) is 14.6. The Bertz CT molecular complexity index is 1310. The number of anilines is 1. The summed E-state index contributed by atoms with van der Waals surface area (Å²) < 4.78 is 5.31. The molecule has 33 heavy (non-hydrogen) atoms. The highest BCUT2D eigenvalue weighted by Gasteiger charge is 2.47. The number of carbonyl (C=O) groups excluding carboxylic acids is 2. The number of hydrogen-bond donors (Lipinski definition) is 2. The number of aromatic hydroxyl groups is 1. The lowest BCUT2D eigenvalue weighted by Gasteiger charge is -2.25. The number of para-hydroxylation sites is 1. The maximum Gasteiger partial charge on any atom is 0.300 e. The Hall–Kier alpha value is -3.19. The molecule has 1 saturated heterocycles. The number of amides is 1. The van der Waals surface area contributed by atoms with Crippen LogP contribution in [0.15, 0.2) is 66.2 Å². The van der Waals surface area contributed by atoms with Gasteiger partial charge in [0.25, 0.3) is 11.7 Å². The first-order valence-electron chi connectivity index (χ1n) is 9.62. The summed E-state index contributed by atoms with van der Waals surface area (Å²) in [7, 11) is 1.35. The molecule has 0 radical (unpaired) electrons.